The number of carbonyl (C=O) groups excluding carboxylic acids is 2. The van der Waals surface area contributed by atoms with E-state index >= 15 is 0 Å². The molecule has 6 N–H and O–H groups in total. The van der Waals surface area contributed by atoms with Gasteiger partial charge in [0.15, 0.2) is 0 Å². The molecule has 0 unspecified atom stereocenters. The first-order chi connectivity index (χ1) is 15.4. The van der Waals surface area contributed by atoms with Gasteiger partial charge in [-0.1, -0.05) is 36.4 Å². The van der Waals surface area contributed by atoms with Crippen LogP contribution in [-0.4, -0.2) is 73.2 Å². The van der Waals surface area contributed by atoms with Crippen LogP contribution in [0.4, 0.5) is 0 Å². The smallest absolute Gasteiger partial charge is 0.322 e. The summed E-state index contributed by atoms with van der Waals surface area (Å²) in [7, 11) is 0. The van der Waals surface area contributed by atoms with E-state index in [9.17, 15) is 19.2 Å². The summed E-state index contributed by atoms with van der Waals surface area (Å²) in [5, 5.41) is 27.6. The van der Waals surface area contributed by atoms with Gasteiger partial charge in [-0.25, -0.2) is 0 Å². The second-order valence-electron chi connectivity index (χ2n) is 6.38. The molecule has 2 aromatic carbocycles. The topological polar surface area (TPSA) is 157 Å². The molecule has 1 heterocycles. The lowest BCUT2D eigenvalue weighted by atomic mass is 10.2. The fourth-order valence-corrected chi connectivity index (χ4v) is 2.30. The third kappa shape index (κ3) is 12.7. The minimum Gasteiger partial charge on any atom is -0.480 e. The zero-order valence-corrected chi connectivity index (χ0v) is 17.5. The third-order valence-corrected chi connectivity index (χ3v) is 3.83. The molecule has 0 spiro atoms. The Balaban J connectivity index is 0.000000256. The lowest BCUT2D eigenvalue weighted by Gasteiger charge is -2.11. The normalized spacial score (nSPS) is 12.0. The largest absolute Gasteiger partial charge is 0.480 e. The Hall–Kier alpha value is -3.76. The number of aliphatic carboxylic acids is 2. The van der Waals surface area contributed by atoms with Crippen LogP contribution in [0.3, 0.4) is 0 Å². The molecule has 1 aliphatic rings. The summed E-state index contributed by atoms with van der Waals surface area (Å²) in [6, 6.07) is 16.9. The highest BCUT2D eigenvalue weighted by Crippen LogP contribution is 1.97. The molecule has 1 aliphatic heterocycles. The highest BCUT2D eigenvalue weighted by molar-refractivity contribution is 5.96. The Morgan fingerprint density at radius 2 is 0.938 bits per heavy atom. The van der Waals surface area contributed by atoms with Crippen molar-refractivity contribution in [2.45, 2.75) is 0 Å². The van der Waals surface area contributed by atoms with Gasteiger partial charge in [0.2, 0.25) is 0 Å². The minimum absolute atomic E-state index is 0.353. The third-order valence-electron chi connectivity index (χ3n) is 3.83. The average Bonchev–Trinajstić information content (AvgIpc) is 2.84. The van der Waals surface area contributed by atoms with Crippen LogP contribution < -0.4 is 21.3 Å². The van der Waals surface area contributed by atoms with Crippen molar-refractivity contribution in [3.8, 4) is 0 Å². The molecule has 10 nitrogen and oxygen atoms in total. The molecule has 1 saturated heterocycles. The zero-order valence-electron chi connectivity index (χ0n) is 17.5. The van der Waals surface area contributed by atoms with Gasteiger partial charge in [0.25, 0.3) is 11.8 Å². The van der Waals surface area contributed by atoms with Crippen molar-refractivity contribution in [1.29, 1.82) is 0 Å². The number of amides is 2. The lowest BCUT2D eigenvalue weighted by Crippen LogP contribution is -2.39. The quantitative estimate of drug-likeness (QED) is 0.368. The summed E-state index contributed by atoms with van der Waals surface area (Å²) < 4.78 is 0. The van der Waals surface area contributed by atoms with Gasteiger partial charge < -0.3 is 31.5 Å². The molecule has 0 bridgehead atoms. The molecule has 10 heteroatoms. The molecule has 2 amide bonds. The van der Waals surface area contributed by atoms with Crippen molar-refractivity contribution in [2.24, 2.45) is 0 Å². The lowest BCUT2D eigenvalue weighted by molar-refractivity contribution is -0.136. The van der Waals surface area contributed by atoms with Gasteiger partial charge in [-0.3, -0.25) is 19.2 Å². The van der Waals surface area contributed by atoms with E-state index in [1.807, 2.05) is 0 Å². The van der Waals surface area contributed by atoms with Crippen LogP contribution in [0.5, 0.6) is 0 Å². The van der Waals surface area contributed by atoms with Crippen LogP contribution in [0.15, 0.2) is 60.7 Å². The van der Waals surface area contributed by atoms with Crippen LogP contribution in [0, 0.1) is 0 Å². The molecule has 32 heavy (non-hydrogen) atoms. The number of nitrogens with one attached hydrogen (secondary N) is 4. The summed E-state index contributed by atoms with van der Waals surface area (Å²) >= 11 is 0. The molecule has 0 aliphatic carbocycles. The van der Waals surface area contributed by atoms with Crippen LogP contribution in [0.2, 0.25) is 0 Å². The first-order valence-corrected chi connectivity index (χ1v) is 9.91. The van der Waals surface area contributed by atoms with Crippen molar-refractivity contribution in [3.05, 3.63) is 71.8 Å². The number of rotatable bonds is 6. The number of benzene rings is 2. The van der Waals surface area contributed by atoms with E-state index in [4.69, 9.17) is 10.2 Å². The van der Waals surface area contributed by atoms with Gasteiger partial charge >= 0.3 is 11.9 Å². The predicted molar refractivity (Wildman–Crippen MR) is 119 cm³/mol. The minimum atomic E-state index is -1.05. The summed E-state index contributed by atoms with van der Waals surface area (Å²) in [5.74, 6) is -2.85. The number of carbonyl (C=O) groups is 4. The Labute approximate surface area is 186 Å². The molecule has 172 valence electrons. The van der Waals surface area contributed by atoms with E-state index in [0.29, 0.717) is 11.1 Å². The van der Waals surface area contributed by atoms with Gasteiger partial charge in [0, 0.05) is 37.3 Å². The standard InChI is InChI=1S/2C9H9NO3.C4H10N2/c2*11-8(12)6-10-9(13)7-4-2-1-3-5-7;1-2-6-4-3-5-1/h2*1-5H,6H2,(H,10,13)(H,11,12);5-6H,1-4H2. The van der Waals surface area contributed by atoms with Gasteiger partial charge in [-0.15, -0.1) is 0 Å². The van der Waals surface area contributed by atoms with E-state index in [1.54, 1.807) is 60.7 Å². The highest BCUT2D eigenvalue weighted by Gasteiger charge is 2.05. The average molecular weight is 444 g/mol. The van der Waals surface area contributed by atoms with Crippen LogP contribution >= 0.6 is 0 Å². The summed E-state index contributed by atoms with van der Waals surface area (Å²) in [5.41, 5.74) is 0.924. The maximum atomic E-state index is 11.2. The van der Waals surface area contributed by atoms with Crippen molar-refractivity contribution in [1.82, 2.24) is 21.3 Å². The van der Waals surface area contributed by atoms with E-state index in [0.717, 1.165) is 26.2 Å². The van der Waals surface area contributed by atoms with E-state index in [2.05, 4.69) is 21.3 Å². The maximum Gasteiger partial charge on any atom is 0.322 e. The maximum absolute atomic E-state index is 11.2. The SMILES string of the molecule is C1CNCCN1.O=C(O)CNC(=O)c1ccccc1.O=C(O)CNC(=O)c1ccccc1. The van der Waals surface area contributed by atoms with Crippen LogP contribution in [0.25, 0.3) is 0 Å². The Morgan fingerprint density at radius 3 is 1.19 bits per heavy atom. The van der Waals surface area contributed by atoms with Gasteiger partial charge in [0.1, 0.15) is 13.1 Å². The summed E-state index contributed by atoms with van der Waals surface area (Å²) in [6.45, 7) is 3.85. The monoisotopic (exact) mass is 444 g/mol. The molecular formula is C22H28N4O6. The van der Waals surface area contributed by atoms with E-state index in [-0.39, 0.29) is 24.9 Å². The molecule has 1 fully saturated rings. The summed E-state index contributed by atoms with van der Waals surface area (Å²) in [4.78, 5) is 42.6. The Kier molecular flexibility index (Phi) is 13.1. The summed E-state index contributed by atoms with van der Waals surface area (Å²) in [6.07, 6.45) is 0. The molecule has 0 aromatic heterocycles. The molecule has 0 saturated carbocycles. The number of hydrogen-bond acceptors (Lipinski definition) is 6. The first kappa shape index (κ1) is 26.3. The van der Waals surface area contributed by atoms with Crippen molar-refractivity contribution < 1.29 is 29.4 Å². The molecular weight excluding hydrogens is 416 g/mol. The second kappa shape index (κ2) is 16.0. The van der Waals surface area contributed by atoms with Crippen molar-refractivity contribution in [3.63, 3.8) is 0 Å². The molecule has 0 radical (unpaired) electrons. The van der Waals surface area contributed by atoms with Gasteiger partial charge in [-0.05, 0) is 24.3 Å². The molecule has 2 aromatic rings. The number of piperazine rings is 1. The Morgan fingerprint density at radius 1 is 0.625 bits per heavy atom. The van der Waals surface area contributed by atoms with Crippen LogP contribution in [0.1, 0.15) is 20.7 Å². The second-order valence-corrected chi connectivity index (χ2v) is 6.38. The molecule has 0 atom stereocenters. The van der Waals surface area contributed by atoms with Crippen molar-refractivity contribution >= 4 is 23.8 Å². The van der Waals surface area contributed by atoms with E-state index < -0.39 is 11.9 Å². The highest BCUT2D eigenvalue weighted by atomic mass is 16.4. The fraction of sp³-hybridized carbons (Fsp3) is 0.273. The number of hydrogen-bond donors (Lipinski definition) is 6. The van der Waals surface area contributed by atoms with Crippen molar-refractivity contribution in [2.75, 3.05) is 39.3 Å². The Bertz CT molecular complexity index is 765. The van der Waals surface area contributed by atoms with Crippen LogP contribution in [-0.2, 0) is 9.59 Å². The predicted octanol–water partition coefficient (Wildman–Crippen LogP) is 0.181. The first-order valence-electron chi connectivity index (χ1n) is 9.91. The zero-order chi connectivity index (χ0) is 23.6. The fourth-order valence-electron chi connectivity index (χ4n) is 2.30. The molecule has 3 rings (SSSR count). The van der Waals surface area contributed by atoms with Gasteiger partial charge in [-0.2, -0.15) is 0 Å². The van der Waals surface area contributed by atoms with Gasteiger partial charge in [0.05, 0.1) is 0 Å². The number of carboxylic acids is 2. The van der Waals surface area contributed by atoms with E-state index in [1.165, 1.54) is 0 Å². The number of carboxylic acid groups (broad SMARTS) is 2.